The molecular formula is C14H23NO3. The lowest BCUT2D eigenvalue weighted by Crippen LogP contribution is -2.16. The molecule has 0 saturated carbocycles. The Morgan fingerprint density at radius 2 is 1.72 bits per heavy atom. The van der Waals surface area contributed by atoms with Crippen molar-refractivity contribution in [2.75, 3.05) is 33.9 Å². The van der Waals surface area contributed by atoms with Gasteiger partial charge in [0.25, 0.3) is 0 Å². The Labute approximate surface area is 109 Å². The van der Waals surface area contributed by atoms with E-state index < -0.39 is 0 Å². The van der Waals surface area contributed by atoms with E-state index >= 15 is 0 Å². The van der Waals surface area contributed by atoms with E-state index in [2.05, 4.69) is 12.2 Å². The van der Waals surface area contributed by atoms with Gasteiger partial charge < -0.3 is 19.5 Å². The van der Waals surface area contributed by atoms with Crippen molar-refractivity contribution in [3.05, 3.63) is 17.7 Å². The van der Waals surface area contributed by atoms with Crippen LogP contribution in [0.3, 0.4) is 0 Å². The minimum absolute atomic E-state index is 0.642. The maximum absolute atomic E-state index is 5.76. The predicted octanol–water partition coefficient (Wildman–Crippen LogP) is 2.39. The molecular weight excluding hydrogens is 230 g/mol. The topological polar surface area (TPSA) is 39.7 Å². The smallest absolute Gasteiger partial charge is 0.203 e. The zero-order valence-electron chi connectivity index (χ0n) is 11.7. The van der Waals surface area contributed by atoms with Crippen LogP contribution in [0.15, 0.2) is 12.1 Å². The van der Waals surface area contributed by atoms with Gasteiger partial charge in [0, 0.05) is 0 Å². The summed E-state index contributed by atoms with van der Waals surface area (Å²) in [6, 6.07) is 3.89. The molecule has 1 rings (SSSR count). The van der Waals surface area contributed by atoms with E-state index in [4.69, 9.17) is 14.2 Å². The van der Waals surface area contributed by atoms with E-state index in [1.54, 1.807) is 14.2 Å². The molecule has 0 heterocycles. The second-order valence-electron chi connectivity index (χ2n) is 4.05. The van der Waals surface area contributed by atoms with Crippen LogP contribution in [-0.2, 0) is 0 Å². The third-order valence-corrected chi connectivity index (χ3v) is 2.60. The van der Waals surface area contributed by atoms with Crippen LogP contribution in [0.4, 0.5) is 0 Å². The van der Waals surface area contributed by atoms with Crippen LogP contribution in [0.5, 0.6) is 17.2 Å². The number of hydrogen-bond acceptors (Lipinski definition) is 4. The van der Waals surface area contributed by atoms with Gasteiger partial charge in [0.05, 0.1) is 20.8 Å². The quantitative estimate of drug-likeness (QED) is 0.722. The summed E-state index contributed by atoms with van der Waals surface area (Å²) >= 11 is 0. The number of benzene rings is 1. The molecule has 1 aromatic carbocycles. The van der Waals surface area contributed by atoms with Crippen molar-refractivity contribution < 1.29 is 14.2 Å². The van der Waals surface area contributed by atoms with Gasteiger partial charge in [-0.15, -0.1) is 0 Å². The van der Waals surface area contributed by atoms with E-state index in [1.165, 1.54) is 0 Å². The summed E-state index contributed by atoms with van der Waals surface area (Å²) in [6.45, 7) is 6.67. The Hall–Kier alpha value is -1.42. The third-order valence-electron chi connectivity index (χ3n) is 2.60. The van der Waals surface area contributed by atoms with Crippen LogP contribution < -0.4 is 19.5 Å². The van der Waals surface area contributed by atoms with Crippen molar-refractivity contribution >= 4 is 0 Å². The average molecular weight is 253 g/mol. The van der Waals surface area contributed by atoms with Crippen molar-refractivity contribution in [3.8, 4) is 17.2 Å². The summed E-state index contributed by atoms with van der Waals surface area (Å²) in [5.41, 5.74) is 1.09. The summed E-state index contributed by atoms with van der Waals surface area (Å²) < 4.78 is 16.4. The number of rotatable bonds is 8. The molecule has 1 aromatic rings. The van der Waals surface area contributed by atoms with Gasteiger partial charge in [0.15, 0.2) is 11.5 Å². The Morgan fingerprint density at radius 1 is 1.11 bits per heavy atom. The minimum atomic E-state index is 0.642. The number of ether oxygens (including phenoxy) is 3. The molecule has 0 amide bonds. The van der Waals surface area contributed by atoms with Crippen LogP contribution in [0.25, 0.3) is 0 Å². The standard InChI is InChI=1S/C14H23NO3/c1-5-15-7-6-8-18-14-12(16-3)9-11(2)10-13(14)17-4/h9-10,15H,5-8H2,1-4H3. The molecule has 0 fully saturated rings. The molecule has 0 aliphatic rings. The SMILES string of the molecule is CCNCCCOc1c(OC)cc(C)cc1OC. The molecule has 0 bridgehead atoms. The number of aryl methyl sites for hydroxylation is 1. The fraction of sp³-hybridized carbons (Fsp3) is 0.571. The molecule has 4 nitrogen and oxygen atoms in total. The van der Waals surface area contributed by atoms with Crippen molar-refractivity contribution in [2.24, 2.45) is 0 Å². The molecule has 18 heavy (non-hydrogen) atoms. The van der Waals surface area contributed by atoms with Gasteiger partial charge in [-0.2, -0.15) is 0 Å². The van der Waals surface area contributed by atoms with Crippen LogP contribution in [0.1, 0.15) is 18.9 Å². The molecule has 0 unspecified atom stereocenters. The zero-order chi connectivity index (χ0) is 13.4. The molecule has 0 spiro atoms. The highest BCUT2D eigenvalue weighted by atomic mass is 16.5. The first-order chi connectivity index (χ1) is 8.72. The molecule has 102 valence electrons. The lowest BCUT2D eigenvalue weighted by atomic mass is 10.2. The molecule has 0 radical (unpaired) electrons. The van der Waals surface area contributed by atoms with E-state index in [1.807, 2.05) is 19.1 Å². The highest BCUT2D eigenvalue weighted by Gasteiger charge is 2.12. The molecule has 0 atom stereocenters. The zero-order valence-corrected chi connectivity index (χ0v) is 11.7. The van der Waals surface area contributed by atoms with Crippen molar-refractivity contribution in [3.63, 3.8) is 0 Å². The lowest BCUT2D eigenvalue weighted by molar-refractivity contribution is 0.269. The Balaban J connectivity index is 2.67. The Bertz CT molecular complexity index is 341. The number of hydrogen-bond donors (Lipinski definition) is 1. The van der Waals surface area contributed by atoms with E-state index in [0.717, 1.165) is 36.6 Å². The van der Waals surface area contributed by atoms with Gasteiger partial charge in [0.1, 0.15) is 0 Å². The highest BCUT2D eigenvalue weighted by molar-refractivity contribution is 5.53. The summed E-state index contributed by atoms with van der Waals surface area (Å²) in [5, 5.41) is 3.26. The largest absolute Gasteiger partial charge is 0.493 e. The molecule has 4 heteroatoms. The first-order valence-electron chi connectivity index (χ1n) is 6.29. The van der Waals surface area contributed by atoms with Crippen LogP contribution in [-0.4, -0.2) is 33.9 Å². The van der Waals surface area contributed by atoms with Crippen LogP contribution in [0.2, 0.25) is 0 Å². The molecule has 0 aliphatic carbocycles. The predicted molar refractivity (Wildman–Crippen MR) is 72.9 cm³/mol. The van der Waals surface area contributed by atoms with Gasteiger partial charge in [-0.05, 0) is 44.1 Å². The van der Waals surface area contributed by atoms with Gasteiger partial charge in [-0.1, -0.05) is 6.92 Å². The number of nitrogens with one attached hydrogen (secondary N) is 1. The van der Waals surface area contributed by atoms with Crippen LogP contribution in [0, 0.1) is 6.92 Å². The van der Waals surface area contributed by atoms with Crippen molar-refractivity contribution in [1.29, 1.82) is 0 Å². The molecule has 1 N–H and O–H groups in total. The molecule has 0 saturated heterocycles. The highest BCUT2D eigenvalue weighted by Crippen LogP contribution is 2.38. The summed E-state index contributed by atoms with van der Waals surface area (Å²) in [6.07, 6.45) is 0.952. The Kier molecular flexibility index (Phi) is 6.36. The first kappa shape index (κ1) is 14.6. The maximum Gasteiger partial charge on any atom is 0.203 e. The average Bonchev–Trinajstić information content (AvgIpc) is 2.39. The third kappa shape index (κ3) is 4.11. The fourth-order valence-corrected chi connectivity index (χ4v) is 1.70. The van der Waals surface area contributed by atoms with Gasteiger partial charge >= 0.3 is 0 Å². The first-order valence-corrected chi connectivity index (χ1v) is 6.29. The van der Waals surface area contributed by atoms with Crippen molar-refractivity contribution in [2.45, 2.75) is 20.3 Å². The summed E-state index contributed by atoms with van der Waals surface area (Å²) in [7, 11) is 3.28. The van der Waals surface area contributed by atoms with E-state index in [-0.39, 0.29) is 0 Å². The van der Waals surface area contributed by atoms with Crippen molar-refractivity contribution in [1.82, 2.24) is 5.32 Å². The normalized spacial score (nSPS) is 10.2. The Morgan fingerprint density at radius 3 is 2.22 bits per heavy atom. The maximum atomic E-state index is 5.76. The second kappa shape index (κ2) is 7.82. The minimum Gasteiger partial charge on any atom is -0.493 e. The summed E-state index contributed by atoms with van der Waals surface area (Å²) in [5.74, 6) is 2.12. The van der Waals surface area contributed by atoms with E-state index in [9.17, 15) is 0 Å². The molecule has 0 aromatic heterocycles. The molecule has 0 aliphatic heterocycles. The van der Waals surface area contributed by atoms with Gasteiger partial charge in [0.2, 0.25) is 5.75 Å². The van der Waals surface area contributed by atoms with Crippen LogP contribution >= 0.6 is 0 Å². The monoisotopic (exact) mass is 253 g/mol. The van der Waals surface area contributed by atoms with Gasteiger partial charge in [-0.25, -0.2) is 0 Å². The van der Waals surface area contributed by atoms with Gasteiger partial charge in [-0.3, -0.25) is 0 Å². The second-order valence-corrected chi connectivity index (χ2v) is 4.05. The number of methoxy groups -OCH3 is 2. The fourth-order valence-electron chi connectivity index (χ4n) is 1.70. The van der Waals surface area contributed by atoms with E-state index in [0.29, 0.717) is 12.4 Å². The lowest BCUT2D eigenvalue weighted by Gasteiger charge is -2.15. The summed E-state index contributed by atoms with van der Waals surface area (Å²) in [4.78, 5) is 0.